The molecular formula is C5H15BrN2O2. The Morgan fingerprint density at radius 2 is 2.00 bits per heavy atom. The maximum Gasteiger partial charge on any atom is 0.164 e. The van der Waals surface area contributed by atoms with E-state index in [0.29, 0.717) is 0 Å². The van der Waals surface area contributed by atoms with Gasteiger partial charge in [-0.2, -0.15) is 0 Å². The number of hydrogen-bond donors (Lipinski definition) is 4. The van der Waals surface area contributed by atoms with Crippen molar-refractivity contribution in [2.45, 2.75) is 25.8 Å². The van der Waals surface area contributed by atoms with Crippen LogP contribution in [0.25, 0.3) is 0 Å². The first-order valence-corrected chi connectivity index (χ1v) is 3.02. The molecule has 4 nitrogen and oxygen atoms in total. The lowest BCUT2D eigenvalue weighted by atomic mass is 10.4. The summed E-state index contributed by atoms with van der Waals surface area (Å²) >= 11 is 0. The Kier molecular flexibility index (Phi) is 9.62. The van der Waals surface area contributed by atoms with Gasteiger partial charge in [-0.15, -0.1) is 17.0 Å². The third kappa shape index (κ3) is 8.32. The Labute approximate surface area is 71.2 Å². The molecule has 0 aliphatic heterocycles. The van der Waals surface area contributed by atoms with Gasteiger partial charge in [0.15, 0.2) is 6.29 Å². The summed E-state index contributed by atoms with van der Waals surface area (Å²) in [7, 11) is 0. The molecule has 0 aromatic carbocycles. The fourth-order valence-electron chi connectivity index (χ4n) is 0.401. The van der Waals surface area contributed by atoms with Gasteiger partial charge in [0, 0.05) is 6.54 Å². The first-order valence-electron chi connectivity index (χ1n) is 3.02. The van der Waals surface area contributed by atoms with Crippen molar-refractivity contribution < 1.29 is 10.2 Å². The summed E-state index contributed by atoms with van der Waals surface area (Å²) in [6.45, 7) is 2.05. The summed E-state index contributed by atoms with van der Waals surface area (Å²) in [5, 5.41) is 19.4. The van der Waals surface area contributed by atoms with Gasteiger partial charge in [-0.05, 0) is 6.42 Å². The molecule has 5 N–H and O–H groups in total. The third-order valence-electron chi connectivity index (χ3n) is 1.00. The minimum Gasteiger partial charge on any atom is -0.367 e. The summed E-state index contributed by atoms with van der Waals surface area (Å²) in [4.78, 5) is 0. The lowest BCUT2D eigenvalue weighted by Gasteiger charge is -2.11. The van der Waals surface area contributed by atoms with Crippen LogP contribution in [0.4, 0.5) is 0 Å². The van der Waals surface area contributed by atoms with E-state index in [4.69, 9.17) is 15.9 Å². The quantitative estimate of drug-likeness (QED) is 0.461. The lowest BCUT2D eigenvalue weighted by Crippen LogP contribution is -2.40. The maximum absolute atomic E-state index is 8.33. The van der Waals surface area contributed by atoms with E-state index in [9.17, 15) is 0 Å². The molecule has 0 aliphatic carbocycles. The molecule has 0 saturated heterocycles. The van der Waals surface area contributed by atoms with E-state index in [2.05, 4.69) is 5.32 Å². The molecule has 1 unspecified atom stereocenters. The molecule has 0 aromatic rings. The number of rotatable bonds is 4. The van der Waals surface area contributed by atoms with Crippen LogP contribution in [0.1, 0.15) is 13.3 Å². The van der Waals surface area contributed by atoms with Gasteiger partial charge in [0.1, 0.15) is 0 Å². The number of nitrogens with two attached hydrogens (primary N) is 1. The Bertz CT molecular complexity index is 72.7. The molecule has 0 rings (SSSR count). The van der Waals surface area contributed by atoms with E-state index in [1.807, 2.05) is 6.92 Å². The van der Waals surface area contributed by atoms with Crippen LogP contribution in [0.2, 0.25) is 0 Å². The summed E-state index contributed by atoms with van der Waals surface area (Å²) in [5.41, 5.74) is 5.39. The van der Waals surface area contributed by atoms with Crippen molar-refractivity contribution in [1.29, 1.82) is 0 Å². The Balaban J connectivity index is 0. The number of aliphatic hydroxyl groups excluding tert-OH is 1. The van der Waals surface area contributed by atoms with Crippen molar-refractivity contribution in [3.8, 4) is 0 Å². The molecule has 0 amide bonds. The fourth-order valence-corrected chi connectivity index (χ4v) is 0.401. The van der Waals surface area contributed by atoms with Gasteiger partial charge in [-0.3, -0.25) is 5.32 Å². The molecule has 0 radical (unpaired) electrons. The molecule has 0 aromatic heterocycles. The fraction of sp³-hybridized carbons (Fsp3) is 1.00. The van der Waals surface area contributed by atoms with Crippen LogP contribution in [-0.2, 0) is 0 Å². The van der Waals surface area contributed by atoms with Crippen LogP contribution in [0.5, 0.6) is 0 Å². The number of aliphatic hydroxyl groups is 2. The maximum atomic E-state index is 8.33. The summed E-state index contributed by atoms with van der Waals surface area (Å²) in [5.74, 6) is 0. The molecule has 0 heterocycles. The number of halogens is 1. The predicted molar refractivity (Wildman–Crippen MR) is 44.8 cm³/mol. The second-order valence-corrected chi connectivity index (χ2v) is 1.90. The van der Waals surface area contributed by atoms with Gasteiger partial charge in [0.05, 0.1) is 6.17 Å². The van der Waals surface area contributed by atoms with E-state index in [1.54, 1.807) is 0 Å². The van der Waals surface area contributed by atoms with Crippen molar-refractivity contribution >= 4 is 17.0 Å². The minimum atomic E-state index is -1.30. The zero-order valence-corrected chi connectivity index (χ0v) is 7.66. The molecular weight excluding hydrogens is 200 g/mol. The molecule has 0 aliphatic rings. The van der Waals surface area contributed by atoms with Gasteiger partial charge in [0.25, 0.3) is 0 Å². The minimum absolute atomic E-state index is 0. The Morgan fingerprint density at radius 3 is 2.30 bits per heavy atom. The highest BCUT2D eigenvalue weighted by Gasteiger charge is 1.99. The highest BCUT2D eigenvalue weighted by atomic mass is 79.9. The van der Waals surface area contributed by atoms with E-state index in [-0.39, 0.29) is 29.7 Å². The second-order valence-electron chi connectivity index (χ2n) is 1.90. The molecule has 64 valence electrons. The molecule has 10 heavy (non-hydrogen) atoms. The van der Waals surface area contributed by atoms with Crippen molar-refractivity contribution in [2.24, 2.45) is 5.73 Å². The molecule has 0 bridgehead atoms. The van der Waals surface area contributed by atoms with Crippen LogP contribution < -0.4 is 11.1 Å². The van der Waals surface area contributed by atoms with Crippen molar-refractivity contribution in [3.05, 3.63) is 0 Å². The van der Waals surface area contributed by atoms with Crippen LogP contribution in [0.3, 0.4) is 0 Å². The van der Waals surface area contributed by atoms with Gasteiger partial charge >= 0.3 is 0 Å². The lowest BCUT2D eigenvalue weighted by molar-refractivity contribution is -0.0388. The second kappa shape index (κ2) is 7.43. The smallest absolute Gasteiger partial charge is 0.164 e. The zero-order chi connectivity index (χ0) is 7.28. The normalized spacial score (nSPS) is 12.9. The summed E-state index contributed by atoms with van der Waals surface area (Å²) in [6.07, 6.45) is -0.651. The third-order valence-corrected chi connectivity index (χ3v) is 1.00. The van der Waals surface area contributed by atoms with Crippen LogP contribution in [-0.4, -0.2) is 29.2 Å². The van der Waals surface area contributed by atoms with Gasteiger partial charge in [-0.25, -0.2) is 0 Å². The Hall–Kier alpha value is 0.320. The zero-order valence-electron chi connectivity index (χ0n) is 5.95. The van der Waals surface area contributed by atoms with E-state index in [1.165, 1.54) is 0 Å². The van der Waals surface area contributed by atoms with Gasteiger partial charge in [-0.1, -0.05) is 6.92 Å². The molecule has 1 atom stereocenters. The summed E-state index contributed by atoms with van der Waals surface area (Å²) < 4.78 is 0. The summed E-state index contributed by atoms with van der Waals surface area (Å²) in [6, 6.07) is 0. The average Bonchev–Trinajstić information content (AvgIpc) is 1.83. The largest absolute Gasteiger partial charge is 0.367 e. The first kappa shape index (κ1) is 12.9. The number of nitrogens with one attached hydrogen (secondary N) is 1. The van der Waals surface area contributed by atoms with Crippen molar-refractivity contribution in [2.75, 3.05) is 6.54 Å². The van der Waals surface area contributed by atoms with Crippen molar-refractivity contribution in [3.63, 3.8) is 0 Å². The topological polar surface area (TPSA) is 78.5 Å². The Morgan fingerprint density at radius 1 is 1.50 bits per heavy atom. The van der Waals surface area contributed by atoms with E-state index < -0.39 is 6.29 Å². The van der Waals surface area contributed by atoms with Gasteiger partial charge < -0.3 is 15.9 Å². The van der Waals surface area contributed by atoms with Gasteiger partial charge in [0.2, 0.25) is 0 Å². The molecule has 0 fully saturated rings. The van der Waals surface area contributed by atoms with Crippen molar-refractivity contribution in [1.82, 2.24) is 5.32 Å². The average molecular weight is 215 g/mol. The van der Waals surface area contributed by atoms with Crippen LogP contribution in [0, 0.1) is 0 Å². The van der Waals surface area contributed by atoms with Crippen LogP contribution >= 0.6 is 17.0 Å². The first-order chi connectivity index (χ1) is 4.16. The SMILES string of the molecule is Br.CCC(N)NCC(O)O. The molecule has 5 heteroatoms. The standard InChI is InChI=1S/C5H14N2O2.BrH/c1-2-4(6)7-3-5(8)9;/h4-5,7-9H,2-3,6H2,1H3;1H. The highest BCUT2D eigenvalue weighted by Crippen LogP contribution is 1.79. The highest BCUT2D eigenvalue weighted by molar-refractivity contribution is 8.93. The van der Waals surface area contributed by atoms with Crippen LogP contribution in [0.15, 0.2) is 0 Å². The number of hydrogen-bond acceptors (Lipinski definition) is 4. The monoisotopic (exact) mass is 214 g/mol. The predicted octanol–water partition coefficient (Wildman–Crippen LogP) is -0.841. The van der Waals surface area contributed by atoms with E-state index in [0.717, 1.165) is 6.42 Å². The molecule has 0 saturated carbocycles. The van der Waals surface area contributed by atoms with E-state index >= 15 is 0 Å². The molecule has 0 spiro atoms.